The number of aliphatic carboxylic acids is 1. The Hall–Kier alpha value is -3.46. The highest BCUT2D eigenvalue weighted by Crippen LogP contribution is 2.47. The zero-order valence-corrected chi connectivity index (χ0v) is 18.5. The number of ether oxygens (including phenoxy) is 4. The van der Waals surface area contributed by atoms with Gasteiger partial charge in [-0.05, 0) is 49.5 Å². The minimum Gasteiger partial charge on any atom is -0.493 e. The van der Waals surface area contributed by atoms with Crippen molar-refractivity contribution in [3.05, 3.63) is 47.0 Å². The number of fused-ring (bicyclic) bond motifs is 2. The lowest BCUT2D eigenvalue weighted by Crippen LogP contribution is -2.47. The number of methoxy groups -OCH3 is 2. The third-order valence-corrected chi connectivity index (χ3v) is 5.83. The Morgan fingerprint density at radius 1 is 1.12 bits per heavy atom. The molecule has 9 nitrogen and oxygen atoms in total. The maximum Gasteiger partial charge on any atom is 0.313 e. The summed E-state index contributed by atoms with van der Waals surface area (Å²) in [6.45, 7) is 1.03. The summed E-state index contributed by atoms with van der Waals surface area (Å²) >= 11 is 0. The highest BCUT2D eigenvalue weighted by atomic mass is 16.7. The Bertz CT molecular complexity index is 1050. The second kappa shape index (κ2) is 8.58. The molecule has 0 spiro atoms. The van der Waals surface area contributed by atoms with Crippen LogP contribution in [-0.2, 0) is 4.79 Å². The lowest BCUT2D eigenvalue weighted by Gasteiger charge is -2.41. The van der Waals surface area contributed by atoms with Crippen LogP contribution in [0.3, 0.4) is 0 Å². The second-order valence-electron chi connectivity index (χ2n) is 7.97. The van der Waals surface area contributed by atoms with E-state index in [0.717, 1.165) is 0 Å². The Balaban J connectivity index is 1.90. The molecule has 0 radical (unpaired) electrons. The van der Waals surface area contributed by atoms with Crippen LogP contribution in [0.5, 0.6) is 23.0 Å². The summed E-state index contributed by atoms with van der Waals surface area (Å²) in [5, 5.41) is 10.3. The Morgan fingerprint density at radius 2 is 1.81 bits per heavy atom. The van der Waals surface area contributed by atoms with E-state index in [1.165, 1.54) is 14.2 Å². The zero-order valence-electron chi connectivity index (χ0n) is 18.5. The number of hydrogen-bond acceptors (Lipinski definition) is 7. The van der Waals surface area contributed by atoms with E-state index in [1.54, 1.807) is 35.2 Å². The van der Waals surface area contributed by atoms with E-state index in [2.05, 4.69) is 0 Å². The summed E-state index contributed by atoms with van der Waals surface area (Å²) in [6, 6.07) is 7.70. The maximum atomic E-state index is 13.6. The molecule has 1 amide bonds. The van der Waals surface area contributed by atoms with Gasteiger partial charge in [0.15, 0.2) is 23.0 Å². The third-order valence-electron chi connectivity index (χ3n) is 5.83. The molecule has 9 heteroatoms. The number of nitrogens with zero attached hydrogens (tertiary/aromatic N) is 2. The van der Waals surface area contributed by atoms with Crippen LogP contribution < -0.4 is 18.9 Å². The van der Waals surface area contributed by atoms with Crippen molar-refractivity contribution in [2.45, 2.75) is 12.0 Å². The van der Waals surface area contributed by atoms with Crippen LogP contribution >= 0.6 is 0 Å². The first-order chi connectivity index (χ1) is 15.3. The summed E-state index contributed by atoms with van der Waals surface area (Å²) in [5.41, 5.74) is 1.35. The monoisotopic (exact) mass is 442 g/mol. The molecule has 0 fully saturated rings. The molecule has 1 N–H and O–H groups in total. The largest absolute Gasteiger partial charge is 0.493 e. The molecule has 0 saturated carbocycles. The van der Waals surface area contributed by atoms with Gasteiger partial charge in [0.25, 0.3) is 5.91 Å². The first-order valence-corrected chi connectivity index (χ1v) is 10.2. The van der Waals surface area contributed by atoms with Crippen molar-refractivity contribution in [3.8, 4) is 23.0 Å². The van der Waals surface area contributed by atoms with Gasteiger partial charge in [0, 0.05) is 18.7 Å². The topological polar surface area (TPSA) is 97.8 Å². The first-order valence-electron chi connectivity index (χ1n) is 10.2. The van der Waals surface area contributed by atoms with Gasteiger partial charge in [0.1, 0.15) is 5.92 Å². The Kier molecular flexibility index (Phi) is 5.84. The normalized spacial score (nSPS) is 19.2. The second-order valence-corrected chi connectivity index (χ2v) is 7.97. The molecule has 0 saturated heterocycles. The summed E-state index contributed by atoms with van der Waals surface area (Å²) in [6.07, 6.45) is 0. The van der Waals surface area contributed by atoms with Crippen LogP contribution in [-0.4, -0.2) is 75.0 Å². The predicted octanol–water partition coefficient (Wildman–Crippen LogP) is 2.36. The molecule has 2 heterocycles. The van der Waals surface area contributed by atoms with Gasteiger partial charge < -0.3 is 33.9 Å². The molecule has 0 aromatic heterocycles. The minimum atomic E-state index is -1.04. The highest BCUT2D eigenvalue weighted by Gasteiger charge is 2.45. The van der Waals surface area contributed by atoms with Gasteiger partial charge in [0.2, 0.25) is 6.79 Å². The SMILES string of the molecule is COc1cc2c(cc1OC)[C@@H](C(=O)O)[C@@H](c1ccc3c(c1)OCO3)N(CCN(C)C)C2=O. The van der Waals surface area contributed by atoms with E-state index in [-0.39, 0.29) is 12.7 Å². The number of amides is 1. The van der Waals surface area contributed by atoms with E-state index in [4.69, 9.17) is 18.9 Å². The predicted molar refractivity (Wildman–Crippen MR) is 115 cm³/mol. The number of carboxylic acids is 1. The summed E-state index contributed by atoms with van der Waals surface area (Å²) in [5.74, 6) is -0.440. The lowest BCUT2D eigenvalue weighted by atomic mass is 9.79. The molecular formula is C23H26N2O7. The Labute approximate surface area is 186 Å². The van der Waals surface area contributed by atoms with Crippen molar-refractivity contribution in [3.63, 3.8) is 0 Å². The number of carbonyl (C=O) groups is 2. The van der Waals surface area contributed by atoms with Crippen LogP contribution in [0, 0.1) is 0 Å². The van der Waals surface area contributed by atoms with Crippen molar-refractivity contribution in [2.75, 3.05) is 48.2 Å². The highest BCUT2D eigenvalue weighted by molar-refractivity contribution is 6.01. The van der Waals surface area contributed by atoms with Gasteiger partial charge in [-0.1, -0.05) is 6.07 Å². The molecule has 32 heavy (non-hydrogen) atoms. The number of rotatable bonds is 7. The molecule has 2 aliphatic rings. The third kappa shape index (κ3) is 3.69. The molecule has 4 rings (SSSR count). The fourth-order valence-electron chi connectivity index (χ4n) is 4.25. The van der Waals surface area contributed by atoms with Gasteiger partial charge in [-0.3, -0.25) is 9.59 Å². The maximum absolute atomic E-state index is 13.6. The quantitative estimate of drug-likeness (QED) is 0.698. The smallest absolute Gasteiger partial charge is 0.313 e. The average molecular weight is 442 g/mol. The van der Waals surface area contributed by atoms with Crippen LogP contribution in [0.4, 0.5) is 0 Å². The van der Waals surface area contributed by atoms with Gasteiger partial charge in [-0.15, -0.1) is 0 Å². The number of hydrogen-bond donors (Lipinski definition) is 1. The van der Waals surface area contributed by atoms with E-state index in [0.29, 0.717) is 52.8 Å². The van der Waals surface area contributed by atoms with Crippen molar-refractivity contribution in [1.82, 2.24) is 9.80 Å². The lowest BCUT2D eigenvalue weighted by molar-refractivity contribution is -0.140. The van der Waals surface area contributed by atoms with E-state index < -0.39 is 17.9 Å². The van der Waals surface area contributed by atoms with Crippen molar-refractivity contribution in [2.24, 2.45) is 0 Å². The van der Waals surface area contributed by atoms with E-state index in [9.17, 15) is 14.7 Å². The average Bonchev–Trinajstić information content (AvgIpc) is 3.24. The molecule has 0 unspecified atom stereocenters. The number of carbonyl (C=O) groups excluding carboxylic acids is 1. The van der Waals surface area contributed by atoms with Crippen LogP contribution in [0.25, 0.3) is 0 Å². The van der Waals surface area contributed by atoms with Gasteiger partial charge >= 0.3 is 5.97 Å². The van der Waals surface area contributed by atoms with Crippen molar-refractivity contribution in [1.29, 1.82) is 0 Å². The minimum absolute atomic E-state index is 0.106. The first kappa shape index (κ1) is 21.8. The summed E-state index contributed by atoms with van der Waals surface area (Å²) < 4.78 is 21.6. The molecule has 0 aliphatic carbocycles. The zero-order chi connectivity index (χ0) is 23.0. The number of benzene rings is 2. The molecule has 2 aromatic rings. The molecule has 2 aliphatic heterocycles. The fraction of sp³-hybridized carbons (Fsp3) is 0.391. The fourth-order valence-corrected chi connectivity index (χ4v) is 4.25. The number of likely N-dealkylation sites (N-methyl/N-ethyl adjacent to an activating group) is 1. The van der Waals surface area contributed by atoms with E-state index in [1.807, 2.05) is 19.0 Å². The molecule has 0 bridgehead atoms. The number of carboxylic acid groups (broad SMARTS) is 1. The summed E-state index contributed by atoms with van der Waals surface area (Å²) in [7, 11) is 6.76. The molecular weight excluding hydrogens is 416 g/mol. The standard InChI is InChI=1S/C23H26N2O7/c1-24(2)7-8-25-21(13-5-6-16-19(9-13)32-12-31-16)20(23(27)28)14-10-17(29-3)18(30-4)11-15(14)22(25)26/h5-6,9-11,20-21H,7-8,12H2,1-4H3,(H,27,28)/t20-,21-/m1/s1. The summed E-state index contributed by atoms with van der Waals surface area (Å²) in [4.78, 5) is 29.8. The molecule has 170 valence electrons. The van der Waals surface area contributed by atoms with Crippen molar-refractivity contribution >= 4 is 11.9 Å². The Morgan fingerprint density at radius 3 is 2.47 bits per heavy atom. The molecule has 2 aromatic carbocycles. The van der Waals surface area contributed by atoms with Crippen LogP contribution in [0.15, 0.2) is 30.3 Å². The van der Waals surface area contributed by atoms with Crippen LogP contribution in [0.2, 0.25) is 0 Å². The van der Waals surface area contributed by atoms with Gasteiger partial charge in [-0.2, -0.15) is 0 Å². The van der Waals surface area contributed by atoms with Crippen LogP contribution in [0.1, 0.15) is 33.4 Å². The van der Waals surface area contributed by atoms with Gasteiger partial charge in [0.05, 0.1) is 20.3 Å². The van der Waals surface area contributed by atoms with E-state index >= 15 is 0 Å². The molecule has 2 atom stereocenters. The van der Waals surface area contributed by atoms with Crippen molar-refractivity contribution < 1.29 is 33.6 Å². The van der Waals surface area contributed by atoms with Gasteiger partial charge in [-0.25, -0.2) is 0 Å².